The van der Waals surface area contributed by atoms with Crippen LogP contribution < -0.4 is 5.32 Å². The number of hydrogen-bond donors (Lipinski definition) is 1. The number of amides is 1. The van der Waals surface area contributed by atoms with E-state index in [9.17, 15) is 4.79 Å². The van der Waals surface area contributed by atoms with E-state index >= 15 is 0 Å². The molecule has 1 rings (SSSR count). The first-order valence-electron chi connectivity index (χ1n) is 5.84. The van der Waals surface area contributed by atoms with Gasteiger partial charge in [-0.3, -0.25) is 4.79 Å². The van der Waals surface area contributed by atoms with Gasteiger partial charge in [-0.05, 0) is 25.7 Å². The Bertz CT molecular complexity index is 249. The molecule has 0 unspecified atom stereocenters. The van der Waals surface area contributed by atoms with Gasteiger partial charge >= 0.3 is 0 Å². The summed E-state index contributed by atoms with van der Waals surface area (Å²) < 4.78 is 0. The number of unbranched alkanes of at least 4 members (excludes halogenated alkanes) is 2. The summed E-state index contributed by atoms with van der Waals surface area (Å²) in [6.07, 6.45) is 6.79. The fourth-order valence-electron chi connectivity index (χ4n) is 2.13. The van der Waals surface area contributed by atoms with E-state index in [0.717, 1.165) is 32.2 Å². The molecule has 84 valence electrons. The summed E-state index contributed by atoms with van der Waals surface area (Å²) in [7, 11) is 0. The molecule has 0 aromatic heterocycles. The largest absolute Gasteiger partial charge is 0.356 e. The van der Waals surface area contributed by atoms with Gasteiger partial charge in [0, 0.05) is 18.4 Å². The Morgan fingerprint density at radius 2 is 2.07 bits per heavy atom. The van der Waals surface area contributed by atoms with Crippen LogP contribution in [0.4, 0.5) is 0 Å². The first-order chi connectivity index (χ1) is 7.19. The summed E-state index contributed by atoms with van der Waals surface area (Å²) in [5, 5.41) is 11.3. The standard InChI is InChI=1S/C12H20N2O/c1-12(7-3-4-8-12)11(15)14-10-6-2-5-9-13/h2-8,10H2,1H3,(H,14,15). The van der Waals surface area contributed by atoms with Crippen molar-refractivity contribution in [3.63, 3.8) is 0 Å². The summed E-state index contributed by atoms with van der Waals surface area (Å²) in [5.41, 5.74) is -0.116. The van der Waals surface area contributed by atoms with Gasteiger partial charge in [0.2, 0.25) is 5.91 Å². The van der Waals surface area contributed by atoms with Gasteiger partial charge in [0.15, 0.2) is 0 Å². The fourth-order valence-corrected chi connectivity index (χ4v) is 2.13. The Morgan fingerprint density at radius 1 is 1.40 bits per heavy atom. The molecule has 15 heavy (non-hydrogen) atoms. The Kier molecular flexibility index (Phi) is 4.61. The van der Waals surface area contributed by atoms with E-state index in [1.54, 1.807) is 0 Å². The summed E-state index contributed by atoms with van der Waals surface area (Å²) in [6, 6.07) is 2.11. The topological polar surface area (TPSA) is 52.9 Å². The van der Waals surface area contributed by atoms with Crippen LogP contribution in [0.1, 0.15) is 51.9 Å². The lowest BCUT2D eigenvalue weighted by atomic mass is 9.88. The van der Waals surface area contributed by atoms with Crippen molar-refractivity contribution in [2.45, 2.75) is 51.9 Å². The Labute approximate surface area is 91.9 Å². The van der Waals surface area contributed by atoms with E-state index in [1.807, 2.05) is 0 Å². The number of hydrogen-bond acceptors (Lipinski definition) is 2. The van der Waals surface area contributed by atoms with Crippen LogP contribution in [0.2, 0.25) is 0 Å². The van der Waals surface area contributed by atoms with E-state index in [-0.39, 0.29) is 11.3 Å². The Balaban J connectivity index is 2.16. The summed E-state index contributed by atoms with van der Waals surface area (Å²) >= 11 is 0. The number of nitrogens with zero attached hydrogens (tertiary/aromatic N) is 1. The van der Waals surface area contributed by atoms with Gasteiger partial charge in [0.1, 0.15) is 0 Å². The minimum atomic E-state index is -0.116. The molecule has 0 bridgehead atoms. The normalized spacial score (nSPS) is 18.4. The monoisotopic (exact) mass is 208 g/mol. The number of nitriles is 1. The quantitative estimate of drug-likeness (QED) is 0.705. The van der Waals surface area contributed by atoms with Crippen molar-refractivity contribution in [3.8, 4) is 6.07 Å². The zero-order valence-electron chi connectivity index (χ0n) is 9.51. The second-order valence-corrected chi connectivity index (χ2v) is 4.64. The highest BCUT2D eigenvalue weighted by Gasteiger charge is 2.35. The second-order valence-electron chi connectivity index (χ2n) is 4.64. The molecule has 0 aliphatic heterocycles. The molecule has 0 heterocycles. The number of rotatable bonds is 5. The first-order valence-corrected chi connectivity index (χ1v) is 5.84. The van der Waals surface area contributed by atoms with Gasteiger partial charge in [-0.25, -0.2) is 0 Å². The average molecular weight is 208 g/mol. The van der Waals surface area contributed by atoms with Crippen LogP contribution in [0.5, 0.6) is 0 Å². The maximum Gasteiger partial charge on any atom is 0.225 e. The lowest BCUT2D eigenvalue weighted by molar-refractivity contribution is -0.129. The van der Waals surface area contributed by atoms with Gasteiger partial charge < -0.3 is 5.32 Å². The molecule has 1 amide bonds. The highest BCUT2D eigenvalue weighted by Crippen LogP contribution is 2.37. The SMILES string of the molecule is CC1(C(=O)NCCCCC#N)CCCC1. The predicted molar refractivity (Wildman–Crippen MR) is 59.0 cm³/mol. The number of carbonyl (C=O) groups is 1. The molecule has 1 aliphatic rings. The zero-order valence-corrected chi connectivity index (χ0v) is 9.51. The minimum Gasteiger partial charge on any atom is -0.356 e. The molecular weight excluding hydrogens is 188 g/mol. The van der Waals surface area contributed by atoms with Gasteiger partial charge in [0.05, 0.1) is 6.07 Å². The van der Waals surface area contributed by atoms with Crippen molar-refractivity contribution in [3.05, 3.63) is 0 Å². The molecule has 0 saturated heterocycles. The van der Waals surface area contributed by atoms with Crippen molar-refractivity contribution < 1.29 is 4.79 Å². The Hall–Kier alpha value is -1.04. The maximum atomic E-state index is 11.8. The Morgan fingerprint density at radius 3 is 2.67 bits per heavy atom. The van der Waals surface area contributed by atoms with E-state index in [0.29, 0.717) is 6.42 Å². The van der Waals surface area contributed by atoms with E-state index in [4.69, 9.17) is 5.26 Å². The second kappa shape index (κ2) is 5.75. The smallest absolute Gasteiger partial charge is 0.225 e. The molecule has 3 heteroatoms. The minimum absolute atomic E-state index is 0.116. The molecule has 0 spiro atoms. The molecule has 1 N–H and O–H groups in total. The molecular formula is C12H20N2O. The van der Waals surface area contributed by atoms with E-state index < -0.39 is 0 Å². The van der Waals surface area contributed by atoms with Crippen molar-refractivity contribution in [1.29, 1.82) is 5.26 Å². The maximum absolute atomic E-state index is 11.8. The highest BCUT2D eigenvalue weighted by molar-refractivity contribution is 5.82. The third-order valence-corrected chi connectivity index (χ3v) is 3.26. The molecule has 0 aromatic rings. The lowest BCUT2D eigenvalue weighted by Gasteiger charge is -2.22. The molecule has 0 radical (unpaired) electrons. The third kappa shape index (κ3) is 3.54. The lowest BCUT2D eigenvalue weighted by Crippen LogP contribution is -2.37. The van der Waals surface area contributed by atoms with Crippen molar-refractivity contribution >= 4 is 5.91 Å². The van der Waals surface area contributed by atoms with Crippen LogP contribution in [-0.4, -0.2) is 12.5 Å². The fraction of sp³-hybridized carbons (Fsp3) is 0.833. The molecule has 0 atom stereocenters. The van der Waals surface area contributed by atoms with Crippen LogP contribution in [0.15, 0.2) is 0 Å². The van der Waals surface area contributed by atoms with Gasteiger partial charge in [-0.15, -0.1) is 0 Å². The zero-order chi connectivity index (χ0) is 11.1. The molecule has 1 aliphatic carbocycles. The molecule has 0 aromatic carbocycles. The van der Waals surface area contributed by atoms with Gasteiger partial charge in [-0.1, -0.05) is 19.8 Å². The van der Waals surface area contributed by atoms with E-state index in [1.165, 1.54) is 12.8 Å². The van der Waals surface area contributed by atoms with Crippen molar-refractivity contribution in [1.82, 2.24) is 5.32 Å². The first kappa shape index (κ1) is 12.0. The van der Waals surface area contributed by atoms with E-state index in [2.05, 4.69) is 18.3 Å². The summed E-state index contributed by atoms with van der Waals surface area (Å²) in [4.78, 5) is 11.8. The van der Waals surface area contributed by atoms with Crippen molar-refractivity contribution in [2.75, 3.05) is 6.54 Å². The highest BCUT2D eigenvalue weighted by atomic mass is 16.2. The number of nitrogens with one attached hydrogen (secondary N) is 1. The molecule has 1 fully saturated rings. The van der Waals surface area contributed by atoms with Gasteiger partial charge in [-0.2, -0.15) is 5.26 Å². The molecule has 3 nitrogen and oxygen atoms in total. The summed E-state index contributed by atoms with van der Waals surface area (Å²) in [6.45, 7) is 2.78. The van der Waals surface area contributed by atoms with Crippen LogP contribution in [0.3, 0.4) is 0 Å². The summed E-state index contributed by atoms with van der Waals surface area (Å²) in [5.74, 6) is 0.206. The third-order valence-electron chi connectivity index (χ3n) is 3.26. The predicted octanol–water partition coefficient (Wildman–Crippen LogP) is 2.38. The van der Waals surface area contributed by atoms with Crippen LogP contribution in [0.25, 0.3) is 0 Å². The average Bonchev–Trinajstić information content (AvgIpc) is 2.66. The molecule has 1 saturated carbocycles. The van der Waals surface area contributed by atoms with Crippen LogP contribution in [0, 0.1) is 16.7 Å². The number of carbonyl (C=O) groups excluding carboxylic acids is 1. The van der Waals surface area contributed by atoms with Crippen molar-refractivity contribution in [2.24, 2.45) is 5.41 Å². The van der Waals surface area contributed by atoms with Crippen LogP contribution >= 0.6 is 0 Å². The van der Waals surface area contributed by atoms with Gasteiger partial charge in [0.25, 0.3) is 0 Å². The van der Waals surface area contributed by atoms with Crippen LogP contribution in [-0.2, 0) is 4.79 Å².